The molecule has 0 bridgehead atoms. The summed E-state index contributed by atoms with van der Waals surface area (Å²) < 4.78 is 34.1. The monoisotopic (exact) mass is 644 g/mol. The standard InChI is InChI=1S/C33H68O6Si3/c1-22(34)19-26-30(39-42(17,18)33(10,11)12)29(38-41(15,16)32(7,8)9)25(21-35-26)20-27-28(36-27)23(2)24(3)37-40(13,14)31(4,5)6/h23-30H,19-21H2,1-18H3. The summed E-state index contributed by atoms with van der Waals surface area (Å²) in [6.07, 6.45) is 0.969. The Morgan fingerprint density at radius 2 is 1.21 bits per heavy atom. The summed E-state index contributed by atoms with van der Waals surface area (Å²) in [5, 5.41) is 0.258. The van der Waals surface area contributed by atoms with Gasteiger partial charge in [-0.25, -0.2) is 0 Å². The SMILES string of the molecule is CC(=O)CC1OCC(CC2OC2C(C)C(C)O[Si](C)(C)C(C)(C)C)C(O[Si](C)(C)C(C)(C)C)C1O[Si](C)(C)C(C)(C)C. The zero-order valence-corrected chi connectivity index (χ0v) is 33.7. The van der Waals surface area contributed by atoms with E-state index in [1.165, 1.54) is 0 Å². The molecule has 0 aromatic rings. The average molecular weight is 645 g/mol. The van der Waals surface area contributed by atoms with Gasteiger partial charge in [0, 0.05) is 24.4 Å². The maximum absolute atomic E-state index is 12.4. The summed E-state index contributed by atoms with van der Waals surface area (Å²) in [7, 11) is -6.22. The Hall–Kier alpha value is 0.121. The molecule has 0 spiro atoms. The fourth-order valence-electron chi connectivity index (χ4n) is 5.04. The molecule has 8 atom stereocenters. The predicted molar refractivity (Wildman–Crippen MR) is 183 cm³/mol. The van der Waals surface area contributed by atoms with Crippen LogP contribution in [0.5, 0.6) is 0 Å². The molecule has 0 aromatic carbocycles. The molecule has 0 radical (unpaired) electrons. The lowest BCUT2D eigenvalue weighted by atomic mass is 9.86. The maximum Gasteiger partial charge on any atom is 0.192 e. The molecule has 0 saturated carbocycles. The van der Waals surface area contributed by atoms with Gasteiger partial charge >= 0.3 is 0 Å². The van der Waals surface area contributed by atoms with Crippen molar-refractivity contribution >= 4 is 30.7 Å². The van der Waals surface area contributed by atoms with Gasteiger partial charge in [-0.05, 0) is 74.7 Å². The van der Waals surface area contributed by atoms with Crippen LogP contribution in [0.3, 0.4) is 0 Å². The van der Waals surface area contributed by atoms with Crippen LogP contribution in [0.4, 0.5) is 0 Å². The van der Waals surface area contributed by atoms with E-state index in [-0.39, 0.29) is 63.4 Å². The van der Waals surface area contributed by atoms with Gasteiger partial charge in [0.15, 0.2) is 25.0 Å². The average Bonchev–Trinajstić information content (AvgIpc) is 3.52. The minimum atomic E-state index is -2.19. The van der Waals surface area contributed by atoms with Gasteiger partial charge in [0.05, 0.1) is 37.1 Å². The summed E-state index contributed by atoms with van der Waals surface area (Å²) in [6.45, 7) is 41.1. The minimum absolute atomic E-state index is 0.0304. The van der Waals surface area contributed by atoms with E-state index in [2.05, 4.69) is 115 Å². The topological polar surface area (TPSA) is 66.5 Å². The Bertz CT molecular complexity index is 914. The van der Waals surface area contributed by atoms with Crippen LogP contribution in [0.25, 0.3) is 0 Å². The van der Waals surface area contributed by atoms with Crippen LogP contribution in [0.1, 0.15) is 95.9 Å². The number of carbonyl (C=O) groups excluding carboxylic acids is 1. The van der Waals surface area contributed by atoms with Gasteiger partial charge < -0.3 is 22.8 Å². The van der Waals surface area contributed by atoms with E-state index >= 15 is 0 Å². The molecular weight excluding hydrogens is 577 g/mol. The molecule has 2 aliphatic heterocycles. The van der Waals surface area contributed by atoms with E-state index in [0.717, 1.165) is 6.42 Å². The van der Waals surface area contributed by atoms with Gasteiger partial charge in [-0.15, -0.1) is 0 Å². The maximum atomic E-state index is 12.4. The zero-order valence-electron chi connectivity index (χ0n) is 30.7. The van der Waals surface area contributed by atoms with Gasteiger partial charge in [0.2, 0.25) is 0 Å². The van der Waals surface area contributed by atoms with Gasteiger partial charge in [-0.3, -0.25) is 4.79 Å². The Kier molecular flexibility index (Phi) is 11.9. The number of carbonyl (C=O) groups is 1. The summed E-state index contributed by atoms with van der Waals surface area (Å²) >= 11 is 0. The zero-order chi connectivity index (χ0) is 32.9. The van der Waals surface area contributed by atoms with E-state index in [1.807, 2.05) is 0 Å². The molecule has 2 saturated heterocycles. The van der Waals surface area contributed by atoms with Crippen molar-refractivity contribution in [3.63, 3.8) is 0 Å². The van der Waals surface area contributed by atoms with E-state index in [4.69, 9.17) is 22.8 Å². The third-order valence-electron chi connectivity index (χ3n) is 11.3. The van der Waals surface area contributed by atoms with E-state index in [0.29, 0.717) is 18.9 Å². The van der Waals surface area contributed by atoms with Crippen LogP contribution in [-0.4, -0.2) is 74.0 Å². The lowest BCUT2D eigenvalue weighted by Gasteiger charge is -2.51. The third kappa shape index (κ3) is 9.33. The van der Waals surface area contributed by atoms with Gasteiger partial charge in [-0.2, -0.15) is 0 Å². The molecule has 2 heterocycles. The fourth-order valence-corrected chi connectivity index (χ4v) is 9.22. The highest BCUT2D eigenvalue weighted by Crippen LogP contribution is 2.47. The highest BCUT2D eigenvalue weighted by Gasteiger charge is 2.54. The van der Waals surface area contributed by atoms with Crippen molar-refractivity contribution in [2.24, 2.45) is 11.8 Å². The molecule has 0 amide bonds. The number of Topliss-reactive ketones (excluding diaryl/α,β-unsaturated/α-hetero) is 1. The van der Waals surface area contributed by atoms with Gasteiger partial charge in [0.1, 0.15) is 5.78 Å². The summed E-state index contributed by atoms with van der Waals surface area (Å²) in [5.41, 5.74) is 0. The van der Waals surface area contributed by atoms with Crippen molar-refractivity contribution in [1.29, 1.82) is 0 Å². The van der Waals surface area contributed by atoms with Crippen molar-refractivity contribution < 1.29 is 27.5 Å². The molecule has 2 fully saturated rings. The van der Waals surface area contributed by atoms with Crippen molar-refractivity contribution in [1.82, 2.24) is 0 Å². The van der Waals surface area contributed by atoms with Crippen molar-refractivity contribution in [3.8, 4) is 0 Å². The smallest absolute Gasteiger partial charge is 0.192 e. The first-order valence-electron chi connectivity index (χ1n) is 16.4. The molecule has 2 rings (SSSR count). The van der Waals surface area contributed by atoms with E-state index in [1.54, 1.807) is 6.92 Å². The lowest BCUT2D eigenvalue weighted by molar-refractivity contribution is -0.161. The van der Waals surface area contributed by atoms with Crippen LogP contribution < -0.4 is 0 Å². The first kappa shape index (κ1) is 38.3. The largest absolute Gasteiger partial charge is 0.414 e. The van der Waals surface area contributed by atoms with Gasteiger partial charge in [-0.1, -0.05) is 69.2 Å². The predicted octanol–water partition coefficient (Wildman–Crippen LogP) is 8.97. The Labute approximate surface area is 263 Å². The Morgan fingerprint density at radius 1 is 0.762 bits per heavy atom. The molecule has 6 nitrogen and oxygen atoms in total. The summed E-state index contributed by atoms with van der Waals surface area (Å²) in [4.78, 5) is 12.4. The molecule has 9 heteroatoms. The highest BCUT2D eigenvalue weighted by molar-refractivity contribution is 6.75. The van der Waals surface area contributed by atoms with Crippen LogP contribution in [0.2, 0.25) is 54.4 Å². The number of ether oxygens (including phenoxy) is 2. The number of epoxide rings is 1. The minimum Gasteiger partial charge on any atom is -0.414 e. The summed E-state index contributed by atoms with van der Waals surface area (Å²) in [6, 6.07) is 0. The van der Waals surface area contributed by atoms with E-state index < -0.39 is 25.0 Å². The molecular formula is C33H68O6Si3. The number of hydrogen-bond acceptors (Lipinski definition) is 6. The van der Waals surface area contributed by atoms with Crippen LogP contribution in [0.15, 0.2) is 0 Å². The molecule has 0 N–H and O–H groups in total. The highest BCUT2D eigenvalue weighted by atomic mass is 28.4. The second-order valence-electron chi connectivity index (χ2n) is 18.0. The number of rotatable bonds is 12. The molecule has 42 heavy (non-hydrogen) atoms. The normalized spacial score (nSPS) is 29.8. The summed E-state index contributed by atoms with van der Waals surface area (Å²) in [5.74, 6) is 0.567. The lowest BCUT2D eigenvalue weighted by Crippen LogP contribution is -2.61. The van der Waals surface area contributed by atoms with Crippen molar-refractivity contribution in [2.75, 3.05) is 6.61 Å². The van der Waals surface area contributed by atoms with Crippen LogP contribution >= 0.6 is 0 Å². The molecule has 2 aliphatic rings. The molecule has 0 aromatic heterocycles. The Balaban J connectivity index is 2.35. The van der Waals surface area contributed by atoms with Gasteiger partial charge in [0.25, 0.3) is 0 Å². The second-order valence-corrected chi connectivity index (χ2v) is 32.3. The molecule has 0 aliphatic carbocycles. The second kappa shape index (κ2) is 13.1. The van der Waals surface area contributed by atoms with Crippen LogP contribution in [0, 0.1) is 11.8 Å². The molecule has 8 unspecified atom stereocenters. The van der Waals surface area contributed by atoms with Crippen molar-refractivity contribution in [3.05, 3.63) is 0 Å². The van der Waals surface area contributed by atoms with E-state index in [9.17, 15) is 4.79 Å². The Morgan fingerprint density at radius 3 is 1.64 bits per heavy atom. The quantitative estimate of drug-likeness (QED) is 0.156. The molecule has 248 valence electrons. The number of hydrogen-bond donors (Lipinski definition) is 0. The van der Waals surface area contributed by atoms with Crippen LogP contribution in [-0.2, 0) is 27.5 Å². The first-order chi connectivity index (χ1) is 18.6. The number of ketones is 1. The first-order valence-corrected chi connectivity index (χ1v) is 25.1. The van der Waals surface area contributed by atoms with Crippen molar-refractivity contribution in [2.45, 2.75) is 187 Å². The fraction of sp³-hybridized carbons (Fsp3) is 0.970. The third-order valence-corrected chi connectivity index (χ3v) is 24.9.